The Balaban J connectivity index is 2.33. The summed E-state index contributed by atoms with van der Waals surface area (Å²) in [4.78, 5) is 2.94. The van der Waals surface area contributed by atoms with Gasteiger partial charge in [-0.05, 0) is 57.0 Å². The second-order valence-corrected chi connectivity index (χ2v) is 10.5. The number of alkyl halides is 3. The van der Waals surface area contributed by atoms with Gasteiger partial charge in [0, 0.05) is 45.1 Å². The van der Waals surface area contributed by atoms with Crippen LogP contribution in [-0.2, 0) is 20.9 Å². The molecule has 0 saturated carbocycles. The second kappa shape index (κ2) is 10.5. The monoisotopic (exact) mass is 465 g/mol. The molecule has 0 amide bonds. The largest absolute Gasteiger partial charge is 0.417 e. The number of sulfonamides is 1. The molecule has 1 aliphatic heterocycles. The van der Waals surface area contributed by atoms with E-state index in [1.54, 1.807) is 26.1 Å². The number of hydrogen-bond acceptors (Lipinski definition) is 5. The molecule has 0 aromatic heterocycles. The van der Waals surface area contributed by atoms with Crippen molar-refractivity contribution in [2.24, 2.45) is 11.8 Å². The van der Waals surface area contributed by atoms with E-state index in [1.165, 1.54) is 6.07 Å². The van der Waals surface area contributed by atoms with Crippen molar-refractivity contribution in [3.8, 4) is 0 Å². The number of likely N-dealkylation sites (N-methyl/N-ethyl adjacent to an activating group) is 1. The lowest BCUT2D eigenvalue weighted by molar-refractivity contribution is -0.139. The van der Waals surface area contributed by atoms with Gasteiger partial charge in [0.2, 0.25) is 10.0 Å². The van der Waals surface area contributed by atoms with E-state index in [1.807, 2.05) is 18.7 Å². The number of rotatable bonds is 9. The molecule has 6 nitrogen and oxygen atoms in total. The maximum Gasteiger partial charge on any atom is 0.417 e. The number of nitrogens with zero attached hydrogens (tertiary/aromatic N) is 2. The molecule has 1 aromatic carbocycles. The zero-order chi connectivity index (χ0) is 23.4. The Morgan fingerprint density at radius 1 is 1.23 bits per heavy atom. The van der Waals surface area contributed by atoms with Crippen LogP contribution in [0.5, 0.6) is 0 Å². The van der Waals surface area contributed by atoms with E-state index in [-0.39, 0.29) is 5.92 Å². The number of anilines is 1. The summed E-state index contributed by atoms with van der Waals surface area (Å²) in [7, 11) is 0.851. The van der Waals surface area contributed by atoms with Gasteiger partial charge in [0.15, 0.2) is 0 Å². The Bertz CT molecular complexity index is 821. The van der Waals surface area contributed by atoms with Gasteiger partial charge in [-0.2, -0.15) is 13.2 Å². The van der Waals surface area contributed by atoms with E-state index >= 15 is 0 Å². The van der Waals surface area contributed by atoms with Crippen LogP contribution in [-0.4, -0.2) is 66.8 Å². The molecule has 1 heterocycles. The lowest BCUT2D eigenvalue weighted by atomic mass is 9.97. The minimum absolute atomic E-state index is 0.0841. The minimum atomic E-state index is -4.79. The first-order valence-electron chi connectivity index (χ1n) is 10.5. The number of methoxy groups -OCH3 is 1. The quantitative estimate of drug-likeness (QED) is 0.606. The molecule has 1 aliphatic rings. The summed E-state index contributed by atoms with van der Waals surface area (Å²) in [6.45, 7) is 5.89. The van der Waals surface area contributed by atoms with E-state index in [9.17, 15) is 21.6 Å². The van der Waals surface area contributed by atoms with Gasteiger partial charge in [-0.25, -0.2) is 13.1 Å². The molecule has 178 valence electrons. The predicted octanol–water partition coefficient (Wildman–Crippen LogP) is 3.43. The maximum atomic E-state index is 13.9. The van der Waals surface area contributed by atoms with Crippen molar-refractivity contribution in [1.82, 2.24) is 9.62 Å². The van der Waals surface area contributed by atoms with Crippen LogP contribution in [0.3, 0.4) is 0 Å². The highest BCUT2D eigenvalue weighted by molar-refractivity contribution is 7.89. The molecular weight excluding hydrogens is 431 g/mol. The van der Waals surface area contributed by atoms with Crippen molar-refractivity contribution >= 4 is 15.7 Å². The molecule has 10 heteroatoms. The molecule has 1 fully saturated rings. The van der Waals surface area contributed by atoms with E-state index in [4.69, 9.17) is 4.74 Å². The molecule has 0 bridgehead atoms. The van der Waals surface area contributed by atoms with Crippen LogP contribution in [0.1, 0.15) is 32.3 Å². The van der Waals surface area contributed by atoms with Crippen molar-refractivity contribution in [3.63, 3.8) is 0 Å². The summed E-state index contributed by atoms with van der Waals surface area (Å²) in [5.41, 5.74) is -0.750. The van der Waals surface area contributed by atoms with Gasteiger partial charge < -0.3 is 14.5 Å². The van der Waals surface area contributed by atoms with Crippen molar-refractivity contribution in [3.05, 3.63) is 23.8 Å². The average molecular weight is 466 g/mol. The molecular formula is C21H34F3N3O3S. The van der Waals surface area contributed by atoms with Crippen LogP contribution in [0, 0.1) is 11.8 Å². The zero-order valence-corrected chi connectivity index (χ0v) is 19.7. The van der Waals surface area contributed by atoms with E-state index in [0.29, 0.717) is 37.8 Å². The number of nitrogens with one attached hydrogen (secondary N) is 1. The topological polar surface area (TPSA) is 61.9 Å². The summed E-state index contributed by atoms with van der Waals surface area (Å²) >= 11 is 0. The SMILES string of the molecule is COCC1CCN(c2ccc(S(=O)(=O)NC(CN(C)C)C(C)C)c(C(F)(F)F)c2)CC1. The van der Waals surface area contributed by atoms with Crippen LogP contribution >= 0.6 is 0 Å². The Hall–Kier alpha value is -1.36. The maximum absolute atomic E-state index is 13.9. The van der Waals surface area contributed by atoms with Gasteiger partial charge in [-0.15, -0.1) is 0 Å². The standard InChI is InChI=1S/C21H34F3N3O3S/c1-15(2)19(13-26(3)4)25-31(28,29)20-7-6-17(12-18(20)21(22,23)24)27-10-8-16(9-11-27)14-30-5/h6-7,12,15-16,19,25H,8-11,13-14H2,1-5H3. The second-order valence-electron chi connectivity index (χ2n) is 8.80. The fourth-order valence-corrected chi connectivity index (χ4v) is 5.39. The third-order valence-corrected chi connectivity index (χ3v) is 7.16. The number of benzene rings is 1. The molecule has 31 heavy (non-hydrogen) atoms. The van der Waals surface area contributed by atoms with Crippen molar-refractivity contribution in [2.45, 2.75) is 43.8 Å². The summed E-state index contributed by atoms with van der Waals surface area (Å²) in [6.07, 6.45) is -3.15. The van der Waals surface area contributed by atoms with Crippen LogP contribution in [0.4, 0.5) is 18.9 Å². The molecule has 0 radical (unpaired) electrons. The highest BCUT2D eigenvalue weighted by Crippen LogP contribution is 2.37. The molecule has 1 N–H and O–H groups in total. The molecule has 2 rings (SSSR count). The van der Waals surface area contributed by atoms with Gasteiger partial charge in [0.1, 0.15) is 0 Å². The third-order valence-electron chi connectivity index (χ3n) is 5.61. The number of halogens is 3. The Morgan fingerprint density at radius 2 is 1.84 bits per heavy atom. The molecule has 0 spiro atoms. The van der Waals surface area contributed by atoms with E-state index in [0.717, 1.165) is 25.0 Å². The molecule has 1 unspecified atom stereocenters. The third kappa shape index (κ3) is 7.06. The average Bonchev–Trinajstić information content (AvgIpc) is 2.66. The van der Waals surface area contributed by atoms with Gasteiger partial charge in [0.05, 0.1) is 10.5 Å². The van der Waals surface area contributed by atoms with Crippen LogP contribution in [0.15, 0.2) is 23.1 Å². The van der Waals surface area contributed by atoms with E-state index in [2.05, 4.69) is 4.72 Å². The highest BCUT2D eigenvalue weighted by Gasteiger charge is 2.39. The number of hydrogen-bond donors (Lipinski definition) is 1. The normalized spacial score (nSPS) is 17.5. The van der Waals surface area contributed by atoms with Crippen LogP contribution in [0.2, 0.25) is 0 Å². The Labute approximate surface area is 183 Å². The minimum Gasteiger partial charge on any atom is -0.384 e. The number of ether oxygens (including phenoxy) is 1. The molecule has 1 aromatic rings. The van der Waals surface area contributed by atoms with Gasteiger partial charge in [-0.3, -0.25) is 0 Å². The fourth-order valence-electron chi connectivity index (χ4n) is 3.80. The Kier molecular flexibility index (Phi) is 8.77. The summed E-state index contributed by atoms with van der Waals surface area (Å²) in [5.74, 6) is 0.302. The molecule has 1 atom stereocenters. The summed E-state index contributed by atoms with van der Waals surface area (Å²) in [6, 6.07) is 2.99. The van der Waals surface area contributed by atoms with Crippen molar-refractivity contribution in [2.75, 3.05) is 52.3 Å². The number of piperidine rings is 1. The lowest BCUT2D eigenvalue weighted by Crippen LogP contribution is -2.45. The first-order valence-corrected chi connectivity index (χ1v) is 12.0. The van der Waals surface area contributed by atoms with Gasteiger partial charge in [0.25, 0.3) is 0 Å². The summed E-state index contributed by atoms with van der Waals surface area (Å²) in [5, 5.41) is 0. The molecule has 0 aliphatic carbocycles. The zero-order valence-electron chi connectivity index (χ0n) is 18.9. The smallest absolute Gasteiger partial charge is 0.384 e. The Morgan fingerprint density at radius 3 is 2.32 bits per heavy atom. The van der Waals surface area contributed by atoms with E-state index < -0.39 is 32.7 Å². The van der Waals surface area contributed by atoms with Gasteiger partial charge in [-0.1, -0.05) is 13.8 Å². The van der Waals surface area contributed by atoms with Gasteiger partial charge >= 0.3 is 6.18 Å². The van der Waals surface area contributed by atoms with Crippen molar-refractivity contribution in [1.29, 1.82) is 0 Å². The first-order chi connectivity index (χ1) is 14.3. The lowest BCUT2D eigenvalue weighted by Gasteiger charge is -2.34. The molecule has 1 saturated heterocycles. The van der Waals surface area contributed by atoms with Crippen molar-refractivity contribution < 1.29 is 26.3 Å². The predicted molar refractivity (Wildman–Crippen MR) is 116 cm³/mol. The van der Waals surface area contributed by atoms with Crippen LogP contribution in [0.25, 0.3) is 0 Å². The first kappa shape index (κ1) is 25.9. The fraction of sp³-hybridized carbons (Fsp3) is 0.714. The highest BCUT2D eigenvalue weighted by atomic mass is 32.2. The van der Waals surface area contributed by atoms with Crippen LogP contribution < -0.4 is 9.62 Å². The summed E-state index contributed by atoms with van der Waals surface area (Å²) < 4.78 is 75.1.